The van der Waals surface area contributed by atoms with Gasteiger partial charge in [-0.15, -0.1) is 0 Å². The van der Waals surface area contributed by atoms with Crippen molar-refractivity contribution in [3.05, 3.63) is 0 Å². The summed E-state index contributed by atoms with van der Waals surface area (Å²) in [5.74, 6) is 0.701. The number of nitrogens with one attached hydrogen (secondary N) is 1. The van der Waals surface area contributed by atoms with E-state index in [1.165, 1.54) is 0 Å². The fourth-order valence-corrected chi connectivity index (χ4v) is 4.52. The fraction of sp³-hybridized carbons (Fsp3) is 1.00. The van der Waals surface area contributed by atoms with Gasteiger partial charge in [-0.25, -0.2) is 8.42 Å². The molecule has 0 aromatic carbocycles. The van der Waals surface area contributed by atoms with Crippen LogP contribution in [0.1, 0.15) is 19.3 Å². The maximum Gasteiger partial charge on any atom is 0.411 e. The Balaban J connectivity index is 2.30. The number of sulfone groups is 1. The molecule has 0 bridgehead atoms. The van der Waals surface area contributed by atoms with Crippen LogP contribution in [0.25, 0.3) is 0 Å². The lowest BCUT2D eigenvalue weighted by atomic mass is 9.88. The maximum atomic E-state index is 11.9. The first-order valence-corrected chi connectivity index (χ1v) is 8.55. The van der Waals surface area contributed by atoms with Crippen LogP contribution in [0.5, 0.6) is 0 Å². The number of hydrogen-bond donors (Lipinski definition) is 1. The highest BCUT2D eigenvalue weighted by molar-refractivity contribution is 7.91. The Morgan fingerprint density at radius 1 is 1.40 bits per heavy atom. The summed E-state index contributed by atoms with van der Waals surface area (Å²) in [6, 6.07) is 0. The molecule has 0 aromatic rings. The normalized spacial score (nSPS) is 23.9. The van der Waals surface area contributed by atoms with Crippen molar-refractivity contribution >= 4 is 9.84 Å². The van der Waals surface area contributed by atoms with Crippen molar-refractivity contribution in [3.8, 4) is 0 Å². The van der Waals surface area contributed by atoms with Crippen molar-refractivity contribution in [2.75, 3.05) is 38.3 Å². The van der Waals surface area contributed by atoms with E-state index in [1.54, 1.807) is 7.05 Å². The minimum absolute atomic E-state index is 0.0548. The SMILES string of the molecule is CNCC(CCCOCC(F)(F)F)C1CCS(=O)(=O)C1. The fourth-order valence-electron chi connectivity index (χ4n) is 2.60. The van der Waals surface area contributed by atoms with E-state index in [-0.39, 0.29) is 29.9 Å². The van der Waals surface area contributed by atoms with Gasteiger partial charge in [0.05, 0.1) is 11.5 Å². The third-order valence-corrected chi connectivity index (χ3v) is 5.32. The summed E-state index contributed by atoms with van der Waals surface area (Å²) in [6.07, 6.45) is -2.44. The molecule has 2 atom stereocenters. The molecular weight excluding hydrogens is 295 g/mol. The summed E-state index contributed by atoms with van der Waals surface area (Å²) in [7, 11) is -1.13. The van der Waals surface area contributed by atoms with E-state index in [1.807, 2.05) is 0 Å². The third kappa shape index (κ3) is 6.90. The molecule has 1 aliphatic rings. The second-order valence-electron chi connectivity index (χ2n) is 5.29. The van der Waals surface area contributed by atoms with Gasteiger partial charge in [0.1, 0.15) is 6.61 Å². The van der Waals surface area contributed by atoms with Crippen molar-refractivity contribution in [1.82, 2.24) is 5.32 Å². The molecule has 120 valence electrons. The molecule has 1 N–H and O–H groups in total. The smallest absolute Gasteiger partial charge is 0.372 e. The van der Waals surface area contributed by atoms with E-state index in [0.717, 1.165) is 0 Å². The number of ether oxygens (including phenoxy) is 1. The Labute approximate surface area is 118 Å². The van der Waals surface area contributed by atoms with Crippen molar-refractivity contribution < 1.29 is 26.3 Å². The van der Waals surface area contributed by atoms with E-state index in [4.69, 9.17) is 0 Å². The van der Waals surface area contributed by atoms with E-state index in [0.29, 0.717) is 25.8 Å². The third-order valence-electron chi connectivity index (χ3n) is 3.53. The van der Waals surface area contributed by atoms with Crippen LogP contribution in [-0.2, 0) is 14.6 Å². The number of alkyl halides is 3. The summed E-state index contributed by atoms with van der Waals surface area (Å²) in [4.78, 5) is 0. The van der Waals surface area contributed by atoms with Crippen molar-refractivity contribution in [2.24, 2.45) is 11.8 Å². The summed E-state index contributed by atoms with van der Waals surface area (Å²) in [6.45, 7) is -0.486. The zero-order chi connectivity index (χ0) is 15.2. The number of hydrogen-bond acceptors (Lipinski definition) is 4. The van der Waals surface area contributed by atoms with Crippen LogP contribution in [0.4, 0.5) is 13.2 Å². The second-order valence-corrected chi connectivity index (χ2v) is 7.52. The van der Waals surface area contributed by atoms with Gasteiger partial charge in [0.15, 0.2) is 9.84 Å². The molecule has 0 saturated carbocycles. The lowest BCUT2D eigenvalue weighted by Gasteiger charge is -2.22. The van der Waals surface area contributed by atoms with Crippen molar-refractivity contribution in [3.63, 3.8) is 0 Å². The molecule has 0 spiro atoms. The predicted octanol–water partition coefficient (Wildman–Crippen LogP) is 1.62. The Morgan fingerprint density at radius 2 is 2.10 bits per heavy atom. The van der Waals surface area contributed by atoms with Crippen LogP contribution in [0, 0.1) is 11.8 Å². The molecule has 1 fully saturated rings. The van der Waals surface area contributed by atoms with Gasteiger partial charge in [-0.05, 0) is 44.7 Å². The molecule has 1 aliphatic heterocycles. The molecule has 20 heavy (non-hydrogen) atoms. The topological polar surface area (TPSA) is 55.4 Å². The highest BCUT2D eigenvalue weighted by Gasteiger charge is 2.33. The molecule has 1 saturated heterocycles. The molecule has 8 heteroatoms. The molecule has 2 unspecified atom stereocenters. The lowest BCUT2D eigenvalue weighted by molar-refractivity contribution is -0.174. The molecule has 0 radical (unpaired) electrons. The first-order valence-electron chi connectivity index (χ1n) is 6.73. The van der Waals surface area contributed by atoms with Crippen LogP contribution >= 0.6 is 0 Å². The van der Waals surface area contributed by atoms with Gasteiger partial charge >= 0.3 is 6.18 Å². The lowest BCUT2D eigenvalue weighted by Crippen LogP contribution is -2.27. The number of halogens is 3. The molecule has 0 amide bonds. The Hall–Kier alpha value is -0.340. The van der Waals surface area contributed by atoms with Crippen molar-refractivity contribution in [1.29, 1.82) is 0 Å². The molecule has 0 aromatic heterocycles. The highest BCUT2D eigenvalue weighted by Crippen LogP contribution is 2.28. The zero-order valence-electron chi connectivity index (χ0n) is 11.6. The molecular formula is C12H22F3NO3S. The molecule has 0 aliphatic carbocycles. The van der Waals surface area contributed by atoms with E-state index in [9.17, 15) is 21.6 Å². The largest absolute Gasteiger partial charge is 0.411 e. The van der Waals surface area contributed by atoms with Crippen LogP contribution in [0.2, 0.25) is 0 Å². The Bertz CT molecular complexity index is 384. The van der Waals surface area contributed by atoms with Gasteiger partial charge in [0, 0.05) is 6.61 Å². The average molecular weight is 317 g/mol. The monoisotopic (exact) mass is 317 g/mol. The standard InChI is InChI=1S/C12H22F3NO3S/c1-16-7-10(11-4-6-20(17,18)8-11)3-2-5-19-9-12(13,14)15/h10-11,16H,2-9H2,1H3. The summed E-state index contributed by atoms with van der Waals surface area (Å²) < 4.78 is 63.2. The Kier molecular flexibility index (Phi) is 6.74. The van der Waals surface area contributed by atoms with Gasteiger partial charge in [-0.1, -0.05) is 0 Å². The second kappa shape index (κ2) is 7.61. The van der Waals surface area contributed by atoms with Crippen LogP contribution in [0.3, 0.4) is 0 Å². The van der Waals surface area contributed by atoms with E-state index in [2.05, 4.69) is 10.1 Å². The average Bonchev–Trinajstić information content (AvgIpc) is 2.66. The summed E-state index contributed by atoms with van der Waals surface area (Å²) >= 11 is 0. The first kappa shape index (κ1) is 17.7. The van der Waals surface area contributed by atoms with E-state index < -0.39 is 22.6 Å². The minimum atomic E-state index is -4.29. The highest BCUT2D eigenvalue weighted by atomic mass is 32.2. The predicted molar refractivity (Wildman–Crippen MR) is 70.3 cm³/mol. The van der Waals surface area contributed by atoms with Crippen molar-refractivity contribution in [2.45, 2.75) is 25.4 Å². The van der Waals surface area contributed by atoms with Gasteiger partial charge < -0.3 is 10.1 Å². The molecule has 4 nitrogen and oxygen atoms in total. The zero-order valence-corrected chi connectivity index (χ0v) is 12.4. The Morgan fingerprint density at radius 3 is 2.60 bits per heavy atom. The summed E-state index contributed by atoms with van der Waals surface area (Å²) in [5.41, 5.74) is 0. The quantitative estimate of drug-likeness (QED) is 0.691. The maximum absolute atomic E-state index is 11.9. The van der Waals surface area contributed by atoms with Crippen LogP contribution in [0.15, 0.2) is 0 Å². The molecule has 1 rings (SSSR count). The number of rotatable bonds is 8. The van der Waals surface area contributed by atoms with Gasteiger partial charge in [-0.3, -0.25) is 0 Å². The van der Waals surface area contributed by atoms with Gasteiger partial charge in [0.25, 0.3) is 0 Å². The van der Waals surface area contributed by atoms with Crippen LogP contribution in [-0.4, -0.2) is 52.9 Å². The first-order chi connectivity index (χ1) is 9.23. The van der Waals surface area contributed by atoms with Gasteiger partial charge in [0.2, 0.25) is 0 Å². The minimum Gasteiger partial charge on any atom is -0.372 e. The molecule has 1 heterocycles. The van der Waals surface area contributed by atoms with E-state index >= 15 is 0 Å². The summed E-state index contributed by atoms with van der Waals surface area (Å²) in [5, 5.41) is 3.02. The van der Waals surface area contributed by atoms with Gasteiger partial charge in [-0.2, -0.15) is 13.2 Å². The van der Waals surface area contributed by atoms with Crippen LogP contribution < -0.4 is 5.32 Å².